The van der Waals surface area contributed by atoms with E-state index in [1.54, 1.807) is 0 Å². The van der Waals surface area contributed by atoms with Crippen LogP contribution in [0.15, 0.2) is 15.4 Å². The topological polar surface area (TPSA) is 37.1 Å². The zero-order chi connectivity index (χ0) is 5.98. The zero-order valence-electron chi connectivity index (χ0n) is 5.07. The van der Waals surface area contributed by atoms with Crippen molar-refractivity contribution in [1.29, 1.82) is 0 Å². The summed E-state index contributed by atoms with van der Waals surface area (Å²) in [4.78, 5) is 0. The van der Waals surface area contributed by atoms with Crippen LogP contribution in [0.2, 0.25) is 0 Å². The summed E-state index contributed by atoms with van der Waals surface area (Å²) in [5.41, 5.74) is 0. The Kier molecular flexibility index (Phi) is 1.37. The molecule has 0 N–H and O–H groups in total. The van der Waals surface area contributed by atoms with Crippen molar-refractivity contribution in [3.63, 3.8) is 0 Å². The molecular weight excluding hydrogens is 102 g/mol. The zero-order valence-corrected chi connectivity index (χ0v) is 5.07. The van der Waals surface area contributed by atoms with Gasteiger partial charge in [-0.25, -0.2) is 0 Å². The van der Waals surface area contributed by atoms with Crippen molar-refractivity contribution in [3.8, 4) is 0 Å². The summed E-state index contributed by atoms with van der Waals surface area (Å²) >= 11 is 0. The lowest BCUT2D eigenvalue weighted by Gasteiger charge is -2.09. The van der Waals surface area contributed by atoms with Crippen LogP contribution in [0.3, 0.4) is 0 Å². The van der Waals surface area contributed by atoms with Gasteiger partial charge in [-0.1, -0.05) is 6.92 Å². The smallest absolute Gasteiger partial charge is 0.0777 e. The average molecular weight is 111 g/mol. The molecule has 0 radical (unpaired) electrons. The molecule has 0 bridgehead atoms. The van der Waals surface area contributed by atoms with Crippen molar-refractivity contribution in [2.24, 2.45) is 21.4 Å². The predicted molar refractivity (Wildman–Crippen MR) is 32.0 cm³/mol. The Hall–Kier alpha value is -0.730. The molecule has 1 aliphatic heterocycles. The van der Waals surface area contributed by atoms with Crippen LogP contribution in [0.5, 0.6) is 0 Å². The minimum absolute atomic E-state index is 0.312. The number of hydrogen-bond acceptors (Lipinski definition) is 3. The molecule has 3 heteroatoms. The second-order valence-corrected chi connectivity index (χ2v) is 2.07. The third-order valence-electron chi connectivity index (χ3n) is 1.35. The highest BCUT2D eigenvalue weighted by Crippen LogP contribution is 2.08. The lowest BCUT2D eigenvalue weighted by molar-refractivity contribution is 0.568. The van der Waals surface area contributed by atoms with Gasteiger partial charge in [-0.3, -0.25) is 0 Å². The molecule has 8 heavy (non-hydrogen) atoms. The fraction of sp³-hybridized carbons (Fsp3) is 0.800. The Morgan fingerprint density at radius 3 is 2.50 bits per heavy atom. The molecule has 0 fully saturated rings. The second kappa shape index (κ2) is 2.03. The van der Waals surface area contributed by atoms with E-state index in [4.69, 9.17) is 0 Å². The number of nitrogens with zero attached hydrogens (tertiary/aromatic N) is 3. The Morgan fingerprint density at radius 1 is 1.38 bits per heavy atom. The highest BCUT2D eigenvalue weighted by molar-refractivity contribution is 5.61. The van der Waals surface area contributed by atoms with E-state index in [0.29, 0.717) is 12.0 Å². The summed E-state index contributed by atoms with van der Waals surface area (Å²) in [7, 11) is 0. The van der Waals surface area contributed by atoms with Crippen LogP contribution in [-0.4, -0.2) is 12.3 Å². The van der Waals surface area contributed by atoms with Crippen LogP contribution in [-0.2, 0) is 0 Å². The Morgan fingerprint density at radius 2 is 2.12 bits per heavy atom. The summed E-state index contributed by atoms with van der Waals surface area (Å²) in [6.07, 6.45) is 1.82. The van der Waals surface area contributed by atoms with Gasteiger partial charge in [0.15, 0.2) is 0 Å². The molecular formula is C5H9N3. The molecule has 0 aromatic heterocycles. The van der Waals surface area contributed by atoms with Gasteiger partial charge in [0.2, 0.25) is 0 Å². The van der Waals surface area contributed by atoms with Crippen molar-refractivity contribution in [1.82, 2.24) is 0 Å². The van der Waals surface area contributed by atoms with Gasteiger partial charge in [-0.2, -0.15) is 5.11 Å². The molecule has 2 unspecified atom stereocenters. The van der Waals surface area contributed by atoms with Gasteiger partial charge >= 0.3 is 0 Å². The van der Waals surface area contributed by atoms with Crippen molar-refractivity contribution in [3.05, 3.63) is 0 Å². The first-order chi connectivity index (χ1) is 3.80. The molecule has 2 atom stereocenters. The molecule has 1 heterocycles. The molecule has 1 rings (SSSR count). The van der Waals surface area contributed by atoms with Crippen LogP contribution >= 0.6 is 0 Å². The first-order valence-electron chi connectivity index (χ1n) is 2.74. The van der Waals surface area contributed by atoms with Gasteiger partial charge in [0.1, 0.15) is 0 Å². The van der Waals surface area contributed by atoms with Gasteiger partial charge < -0.3 is 0 Å². The summed E-state index contributed by atoms with van der Waals surface area (Å²) in [5, 5.41) is 11.0. The molecule has 0 saturated carbocycles. The highest BCUT2D eigenvalue weighted by atomic mass is 15.4. The fourth-order valence-corrected chi connectivity index (χ4v) is 0.476. The van der Waals surface area contributed by atoms with Gasteiger partial charge in [0, 0.05) is 12.1 Å². The van der Waals surface area contributed by atoms with Crippen molar-refractivity contribution in [2.75, 3.05) is 0 Å². The van der Waals surface area contributed by atoms with Crippen LogP contribution in [0.1, 0.15) is 13.8 Å². The normalized spacial score (nSPS) is 35.8. The third-order valence-corrected chi connectivity index (χ3v) is 1.35. The number of rotatable bonds is 0. The van der Waals surface area contributed by atoms with Gasteiger partial charge in [-0.05, 0) is 12.1 Å². The maximum Gasteiger partial charge on any atom is 0.0777 e. The summed E-state index contributed by atoms with van der Waals surface area (Å²) in [6, 6.07) is 0.312. The second-order valence-electron chi connectivity index (χ2n) is 2.07. The first kappa shape index (κ1) is 5.41. The quantitative estimate of drug-likeness (QED) is 0.454. The maximum atomic E-state index is 3.84. The summed E-state index contributed by atoms with van der Waals surface area (Å²) < 4.78 is 0. The lowest BCUT2D eigenvalue weighted by Crippen LogP contribution is -2.13. The molecule has 3 nitrogen and oxygen atoms in total. The van der Waals surface area contributed by atoms with Crippen LogP contribution in [0.4, 0.5) is 0 Å². The fourth-order valence-electron chi connectivity index (χ4n) is 0.476. The Bertz CT molecular complexity index is 112. The lowest BCUT2D eigenvalue weighted by atomic mass is 10.1. The predicted octanol–water partition coefficient (Wildman–Crippen LogP) is 1.46. The first-order valence-corrected chi connectivity index (χ1v) is 2.74. The van der Waals surface area contributed by atoms with E-state index < -0.39 is 0 Å². The van der Waals surface area contributed by atoms with Gasteiger partial charge in [-0.15, -0.1) is 5.10 Å². The monoisotopic (exact) mass is 111 g/mol. The minimum atomic E-state index is 0.312. The van der Waals surface area contributed by atoms with Gasteiger partial charge in [0.25, 0.3) is 0 Å². The van der Waals surface area contributed by atoms with E-state index in [0.717, 1.165) is 0 Å². The molecule has 44 valence electrons. The van der Waals surface area contributed by atoms with Crippen molar-refractivity contribution >= 4 is 6.21 Å². The van der Waals surface area contributed by atoms with E-state index in [2.05, 4.69) is 22.4 Å². The minimum Gasteiger partial charge on any atom is -0.165 e. The molecule has 0 aliphatic carbocycles. The molecule has 0 saturated heterocycles. The molecule has 0 spiro atoms. The largest absolute Gasteiger partial charge is 0.165 e. The standard InChI is InChI=1S/C5H9N3/c1-4-3-6-8-7-5(4)2/h3-5H,1-2H3. The van der Waals surface area contributed by atoms with E-state index in [1.807, 2.05) is 13.1 Å². The third kappa shape index (κ3) is 0.911. The summed E-state index contributed by atoms with van der Waals surface area (Å²) in [6.45, 7) is 4.10. The van der Waals surface area contributed by atoms with Crippen LogP contribution in [0, 0.1) is 5.92 Å². The Balaban J connectivity index is 2.59. The summed E-state index contributed by atoms with van der Waals surface area (Å²) in [5.74, 6) is 0.451. The van der Waals surface area contributed by atoms with Crippen LogP contribution in [0.25, 0.3) is 0 Å². The SMILES string of the molecule is CC1C=NN=NC1C. The van der Waals surface area contributed by atoms with Crippen molar-refractivity contribution < 1.29 is 0 Å². The van der Waals surface area contributed by atoms with Crippen LogP contribution < -0.4 is 0 Å². The average Bonchev–Trinajstić information content (AvgIpc) is 1.77. The Labute approximate surface area is 48.5 Å². The van der Waals surface area contributed by atoms with E-state index in [9.17, 15) is 0 Å². The maximum absolute atomic E-state index is 3.84. The van der Waals surface area contributed by atoms with E-state index in [-0.39, 0.29) is 0 Å². The molecule has 1 aliphatic rings. The van der Waals surface area contributed by atoms with E-state index >= 15 is 0 Å². The highest BCUT2D eigenvalue weighted by Gasteiger charge is 2.10. The van der Waals surface area contributed by atoms with Crippen molar-refractivity contribution in [2.45, 2.75) is 19.9 Å². The molecule has 0 aromatic rings. The molecule has 0 aromatic carbocycles. The number of hydrogen-bond donors (Lipinski definition) is 0. The molecule has 0 amide bonds. The van der Waals surface area contributed by atoms with Gasteiger partial charge in [0.05, 0.1) is 6.04 Å². The van der Waals surface area contributed by atoms with E-state index in [1.165, 1.54) is 0 Å².